The van der Waals surface area contributed by atoms with Gasteiger partial charge in [-0.3, -0.25) is 4.79 Å². The van der Waals surface area contributed by atoms with Crippen molar-refractivity contribution in [2.75, 3.05) is 11.9 Å². The quantitative estimate of drug-likeness (QED) is 0.866. The van der Waals surface area contributed by atoms with Crippen LogP contribution in [0.2, 0.25) is 0 Å². The van der Waals surface area contributed by atoms with Gasteiger partial charge in [0.2, 0.25) is 5.91 Å². The molecule has 1 atom stereocenters. The van der Waals surface area contributed by atoms with Gasteiger partial charge >= 0.3 is 6.18 Å². The molecular weight excluding hydrogens is 257 g/mol. The summed E-state index contributed by atoms with van der Waals surface area (Å²) in [6.07, 6.45) is -4.09. The summed E-state index contributed by atoms with van der Waals surface area (Å²) < 4.78 is 37.0. The molecule has 1 amide bonds. The minimum atomic E-state index is -4.36. The Kier molecular flexibility index (Phi) is 5.35. The molecule has 1 rings (SSSR count). The molecule has 1 aromatic rings. The van der Waals surface area contributed by atoms with Crippen molar-refractivity contribution in [3.63, 3.8) is 0 Å². The van der Waals surface area contributed by atoms with Crippen molar-refractivity contribution in [2.45, 2.75) is 32.5 Å². The zero-order valence-corrected chi connectivity index (χ0v) is 10.8. The van der Waals surface area contributed by atoms with E-state index in [4.69, 9.17) is 0 Å². The minimum absolute atomic E-state index is 0.0273. The Morgan fingerprint density at radius 1 is 1.26 bits per heavy atom. The van der Waals surface area contributed by atoms with Crippen molar-refractivity contribution >= 4 is 11.6 Å². The van der Waals surface area contributed by atoms with Gasteiger partial charge < -0.3 is 10.6 Å². The van der Waals surface area contributed by atoms with E-state index in [1.165, 1.54) is 12.1 Å². The number of hydrogen-bond donors (Lipinski definition) is 2. The molecule has 0 aromatic heterocycles. The summed E-state index contributed by atoms with van der Waals surface area (Å²) in [6.45, 7) is 4.56. The first kappa shape index (κ1) is 15.5. The highest BCUT2D eigenvalue weighted by Crippen LogP contribution is 2.29. The zero-order chi connectivity index (χ0) is 14.5. The lowest BCUT2D eigenvalue weighted by molar-refractivity contribution is -0.137. The van der Waals surface area contributed by atoms with E-state index in [0.29, 0.717) is 5.69 Å². The van der Waals surface area contributed by atoms with E-state index in [2.05, 4.69) is 10.6 Å². The molecule has 1 aromatic carbocycles. The van der Waals surface area contributed by atoms with Crippen molar-refractivity contribution in [3.8, 4) is 0 Å². The summed E-state index contributed by atoms with van der Waals surface area (Å²) in [4.78, 5) is 11.6. The van der Waals surface area contributed by atoms with Crippen LogP contribution in [0.15, 0.2) is 24.3 Å². The van der Waals surface area contributed by atoms with Crippen molar-refractivity contribution in [2.24, 2.45) is 0 Å². The normalized spacial score (nSPS) is 13.1. The monoisotopic (exact) mass is 274 g/mol. The number of hydrogen-bond acceptors (Lipinski definition) is 2. The second-order valence-electron chi connectivity index (χ2n) is 4.29. The third-order valence-electron chi connectivity index (χ3n) is 2.54. The van der Waals surface area contributed by atoms with Crippen LogP contribution in [0.25, 0.3) is 0 Å². The van der Waals surface area contributed by atoms with Gasteiger partial charge in [-0.1, -0.05) is 6.92 Å². The highest BCUT2D eigenvalue weighted by atomic mass is 19.4. The highest BCUT2D eigenvalue weighted by molar-refractivity contribution is 5.91. The Bertz CT molecular complexity index is 415. The van der Waals surface area contributed by atoms with Crippen LogP contribution in [-0.2, 0) is 11.0 Å². The summed E-state index contributed by atoms with van der Waals surface area (Å²) in [6, 6.07) is 4.42. The van der Waals surface area contributed by atoms with Crippen LogP contribution < -0.4 is 10.6 Å². The molecule has 0 spiro atoms. The highest BCUT2D eigenvalue weighted by Gasteiger charge is 2.29. The minimum Gasteiger partial charge on any atom is -0.326 e. The Balaban J connectivity index is 2.56. The molecule has 0 bridgehead atoms. The summed E-state index contributed by atoms with van der Waals surface area (Å²) in [7, 11) is 0. The number of amides is 1. The van der Waals surface area contributed by atoms with Gasteiger partial charge in [-0.15, -0.1) is 0 Å². The lowest BCUT2D eigenvalue weighted by atomic mass is 10.2. The van der Waals surface area contributed by atoms with Gasteiger partial charge in [0, 0.05) is 18.2 Å². The molecule has 106 valence electrons. The van der Waals surface area contributed by atoms with E-state index in [1.54, 1.807) is 0 Å². The lowest BCUT2D eigenvalue weighted by Gasteiger charge is -2.12. The topological polar surface area (TPSA) is 41.1 Å². The van der Waals surface area contributed by atoms with Gasteiger partial charge in [0.25, 0.3) is 0 Å². The molecular formula is C13H17F3N2O. The average molecular weight is 274 g/mol. The summed E-state index contributed by atoms with van der Waals surface area (Å²) in [5.74, 6) is -0.229. The molecule has 2 N–H and O–H groups in total. The first-order valence-electron chi connectivity index (χ1n) is 6.03. The molecule has 1 unspecified atom stereocenters. The van der Waals surface area contributed by atoms with Crippen LogP contribution in [0.1, 0.15) is 25.8 Å². The third kappa shape index (κ3) is 5.30. The van der Waals surface area contributed by atoms with E-state index in [1.807, 2.05) is 13.8 Å². The van der Waals surface area contributed by atoms with Gasteiger partial charge in [0.15, 0.2) is 0 Å². The van der Waals surface area contributed by atoms with Crippen LogP contribution in [0, 0.1) is 0 Å². The lowest BCUT2D eigenvalue weighted by Crippen LogP contribution is -2.30. The Morgan fingerprint density at radius 2 is 1.84 bits per heavy atom. The van der Waals surface area contributed by atoms with Gasteiger partial charge in [0.1, 0.15) is 0 Å². The van der Waals surface area contributed by atoms with Crippen LogP contribution in [0.5, 0.6) is 0 Å². The van der Waals surface area contributed by atoms with Crippen LogP contribution in [0.3, 0.4) is 0 Å². The number of halogens is 3. The van der Waals surface area contributed by atoms with E-state index >= 15 is 0 Å². The molecule has 0 saturated heterocycles. The maximum atomic E-state index is 12.3. The molecule has 0 saturated carbocycles. The fourth-order valence-corrected chi connectivity index (χ4v) is 1.65. The number of carbonyl (C=O) groups excluding carboxylic acids is 1. The molecule has 0 aliphatic carbocycles. The first-order chi connectivity index (χ1) is 8.82. The average Bonchev–Trinajstić information content (AvgIpc) is 2.28. The molecule has 0 aliphatic heterocycles. The van der Waals surface area contributed by atoms with E-state index in [-0.39, 0.29) is 18.4 Å². The maximum absolute atomic E-state index is 12.3. The molecule has 0 radical (unpaired) electrons. The Hall–Kier alpha value is -1.56. The number of rotatable bonds is 5. The molecule has 3 nitrogen and oxygen atoms in total. The van der Waals surface area contributed by atoms with Crippen LogP contribution in [-0.4, -0.2) is 18.5 Å². The standard InChI is InChI=1S/C13H17F3N2O/c1-3-17-9(2)8-12(19)18-11-6-4-10(5-7-11)13(14,15)16/h4-7,9,17H,3,8H2,1-2H3,(H,18,19). The van der Waals surface area contributed by atoms with Crippen LogP contribution in [0.4, 0.5) is 18.9 Å². The van der Waals surface area contributed by atoms with Crippen molar-refractivity contribution in [1.29, 1.82) is 0 Å². The second-order valence-corrected chi connectivity index (χ2v) is 4.29. The fourth-order valence-electron chi connectivity index (χ4n) is 1.65. The summed E-state index contributed by atoms with van der Waals surface area (Å²) in [5.41, 5.74) is -0.367. The Morgan fingerprint density at radius 3 is 2.32 bits per heavy atom. The van der Waals surface area contributed by atoms with Gasteiger partial charge in [-0.05, 0) is 37.7 Å². The summed E-state index contributed by atoms with van der Waals surface area (Å²) in [5, 5.41) is 5.65. The SMILES string of the molecule is CCNC(C)CC(=O)Nc1ccc(C(F)(F)F)cc1. The number of anilines is 1. The number of benzene rings is 1. The predicted octanol–water partition coefficient (Wildman–Crippen LogP) is 3.03. The molecule has 19 heavy (non-hydrogen) atoms. The van der Waals surface area contributed by atoms with Crippen LogP contribution >= 0.6 is 0 Å². The Labute approximate surface area is 110 Å². The fraction of sp³-hybridized carbons (Fsp3) is 0.462. The number of alkyl halides is 3. The van der Waals surface area contributed by atoms with E-state index in [9.17, 15) is 18.0 Å². The number of nitrogens with one attached hydrogen (secondary N) is 2. The second kappa shape index (κ2) is 6.56. The molecule has 0 aliphatic rings. The maximum Gasteiger partial charge on any atom is 0.416 e. The largest absolute Gasteiger partial charge is 0.416 e. The molecule has 0 heterocycles. The zero-order valence-electron chi connectivity index (χ0n) is 10.8. The number of carbonyl (C=O) groups is 1. The first-order valence-corrected chi connectivity index (χ1v) is 6.03. The van der Waals surface area contributed by atoms with Gasteiger partial charge in [-0.2, -0.15) is 13.2 Å². The summed E-state index contributed by atoms with van der Waals surface area (Å²) >= 11 is 0. The van der Waals surface area contributed by atoms with Crippen molar-refractivity contribution < 1.29 is 18.0 Å². The van der Waals surface area contributed by atoms with E-state index < -0.39 is 11.7 Å². The van der Waals surface area contributed by atoms with Gasteiger partial charge in [-0.25, -0.2) is 0 Å². The van der Waals surface area contributed by atoms with Crippen molar-refractivity contribution in [3.05, 3.63) is 29.8 Å². The molecule has 6 heteroatoms. The van der Waals surface area contributed by atoms with Crippen molar-refractivity contribution in [1.82, 2.24) is 5.32 Å². The third-order valence-corrected chi connectivity index (χ3v) is 2.54. The molecule has 0 fully saturated rings. The smallest absolute Gasteiger partial charge is 0.326 e. The predicted molar refractivity (Wildman–Crippen MR) is 67.8 cm³/mol. The van der Waals surface area contributed by atoms with Gasteiger partial charge in [0.05, 0.1) is 5.56 Å². The van der Waals surface area contributed by atoms with E-state index in [0.717, 1.165) is 18.7 Å².